The standard InChI is InChI=1S/C34H39F2N5O3/c1-4-6-17-41(21-42)32-26-19-38-28(13-11-24(43)18-23-10-12-27(35)25(5-2)22(23)3)30(36)31(26)39-33(40-32)44-20-34-14-7-9-29(34)37-16-8-15-34/h2,10-12,18-19,29,37,42-43H,3-4,6-9,13-17,20-21H2,1H3/b23-18-,24-11+. The number of unbranched alkanes of at least 4 members (excludes halogenated alkanes) is 1. The fourth-order valence-corrected chi connectivity index (χ4v) is 6.37. The Labute approximate surface area is 256 Å². The van der Waals surface area contributed by atoms with Crippen LogP contribution in [0.1, 0.15) is 63.1 Å². The molecule has 0 spiro atoms. The highest BCUT2D eigenvalue weighted by molar-refractivity contribution is 5.89. The Morgan fingerprint density at radius 1 is 1.30 bits per heavy atom. The molecule has 1 aromatic carbocycles. The number of piperidine rings is 1. The van der Waals surface area contributed by atoms with Crippen molar-refractivity contribution in [2.24, 2.45) is 5.41 Å². The lowest BCUT2D eigenvalue weighted by molar-refractivity contribution is 0.0798. The van der Waals surface area contributed by atoms with E-state index in [1.165, 1.54) is 30.5 Å². The fourth-order valence-electron chi connectivity index (χ4n) is 6.37. The van der Waals surface area contributed by atoms with Gasteiger partial charge in [0.2, 0.25) is 0 Å². The number of halogens is 2. The van der Waals surface area contributed by atoms with Gasteiger partial charge in [-0.05, 0) is 67.3 Å². The molecule has 2 aromatic heterocycles. The molecule has 2 aliphatic rings. The third-order valence-corrected chi connectivity index (χ3v) is 8.86. The van der Waals surface area contributed by atoms with Crippen molar-refractivity contribution in [1.82, 2.24) is 20.3 Å². The number of nitrogens with zero attached hydrogens (tertiary/aromatic N) is 4. The topological polar surface area (TPSA) is 104 Å². The van der Waals surface area contributed by atoms with Crippen LogP contribution in [0.4, 0.5) is 14.6 Å². The number of aromatic nitrogens is 3. The molecule has 2 fully saturated rings. The van der Waals surface area contributed by atoms with Crippen molar-refractivity contribution >= 4 is 29.4 Å². The minimum absolute atomic E-state index is 0.00421. The molecule has 3 aromatic rings. The van der Waals surface area contributed by atoms with Gasteiger partial charge in [-0.3, -0.25) is 4.98 Å². The van der Waals surface area contributed by atoms with Crippen LogP contribution in [0, 0.1) is 29.4 Å². The summed E-state index contributed by atoms with van der Waals surface area (Å²) < 4.78 is 36.2. The average molecular weight is 604 g/mol. The smallest absolute Gasteiger partial charge is 0.319 e. The lowest BCUT2D eigenvalue weighted by atomic mass is 9.76. The van der Waals surface area contributed by atoms with E-state index in [0.717, 1.165) is 51.5 Å². The molecule has 0 amide bonds. The molecule has 1 saturated heterocycles. The van der Waals surface area contributed by atoms with Gasteiger partial charge in [0.25, 0.3) is 0 Å². The quantitative estimate of drug-likeness (QED) is 0.172. The SMILES string of the molecule is C#Cc1c(F)cc/c(=C/C(O)=C\Cc2ncc3c(N(CO)CCCC)nc(OCC45CCCNC4CCC5)nc3c2F)c1=C. The summed E-state index contributed by atoms with van der Waals surface area (Å²) >= 11 is 0. The van der Waals surface area contributed by atoms with Gasteiger partial charge in [0.1, 0.15) is 29.6 Å². The summed E-state index contributed by atoms with van der Waals surface area (Å²) in [6, 6.07) is 3.10. The maximum Gasteiger partial charge on any atom is 0.319 e. The summed E-state index contributed by atoms with van der Waals surface area (Å²) in [5, 5.41) is 25.5. The Morgan fingerprint density at radius 3 is 2.89 bits per heavy atom. The number of pyridine rings is 1. The van der Waals surface area contributed by atoms with Gasteiger partial charge in [0.15, 0.2) is 5.82 Å². The van der Waals surface area contributed by atoms with Crippen molar-refractivity contribution < 1.29 is 23.7 Å². The van der Waals surface area contributed by atoms with Crippen LogP contribution >= 0.6 is 0 Å². The van der Waals surface area contributed by atoms with Gasteiger partial charge in [0.05, 0.1) is 23.3 Å². The van der Waals surface area contributed by atoms with Gasteiger partial charge in [-0.1, -0.05) is 38.3 Å². The maximum absolute atomic E-state index is 16.0. The van der Waals surface area contributed by atoms with Crippen LogP contribution in [0.3, 0.4) is 0 Å². The lowest BCUT2D eigenvalue weighted by Gasteiger charge is -2.39. The van der Waals surface area contributed by atoms with E-state index in [1.807, 2.05) is 6.92 Å². The average Bonchev–Trinajstić information content (AvgIpc) is 3.46. The highest BCUT2D eigenvalue weighted by atomic mass is 19.1. The predicted molar refractivity (Wildman–Crippen MR) is 167 cm³/mol. The first-order valence-electron chi connectivity index (χ1n) is 15.2. The molecule has 0 bridgehead atoms. The van der Waals surface area contributed by atoms with Crippen molar-refractivity contribution in [3.8, 4) is 18.4 Å². The monoisotopic (exact) mass is 603 g/mol. The molecule has 1 aliphatic carbocycles. The molecule has 0 radical (unpaired) electrons. The molecule has 1 aliphatic heterocycles. The highest BCUT2D eigenvalue weighted by Gasteiger charge is 2.45. The second kappa shape index (κ2) is 13.7. The van der Waals surface area contributed by atoms with Crippen LogP contribution in [-0.2, 0) is 6.42 Å². The number of allylic oxidation sites excluding steroid dienone is 2. The number of fused-ring (bicyclic) bond motifs is 2. The van der Waals surface area contributed by atoms with Crippen LogP contribution in [0.25, 0.3) is 23.6 Å². The number of terminal acetylenes is 1. The molecule has 5 rings (SSSR count). The molecular weight excluding hydrogens is 564 g/mol. The number of hydrogen-bond donors (Lipinski definition) is 3. The Kier molecular flexibility index (Phi) is 9.77. The molecule has 2 atom stereocenters. The number of aliphatic hydroxyl groups excluding tert-OH is 2. The van der Waals surface area contributed by atoms with Crippen LogP contribution in [0.2, 0.25) is 0 Å². The van der Waals surface area contributed by atoms with E-state index in [1.54, 1.807) is 4.90 Å². The summed E-state index contributed by atoms with van der Waals surface area (Å²) in [5.74, 6) is 1.20. The minimum Gasteiger partial charge on any atom is -0.508 e. The normalized spacial score (nSPS) is 20.5. The number of benzene rings is 1. The van der Waals surface area contributed by atoms with Crippen molar-refractivity contribution in [3.63, 3.8) is 0 Å². The number of rotatable bonds is 11. The summed E-state index contributed by atoms with van der Waals surface area (Å²) in [7, 11) is 0. The van der Waals surface area contributed by atoms with Gasteiger partial charge in [-0.15, -0.1) is 6.42 Å². The Morgan fingerprint density at radius 2 is 2.11 bits per heavy atom. The van der Waals surface area contributed by atoms with Gasteiger partial charge < -0.3 is 25.2 Å². The van der Waals surface area contributed by atoms with Crippen LogP contribution in [-0.4, -0.2) is 57.6 Å². The van der Waals surface area contributed by atoms with E-state index in [0.29, 0.717) is 35.6 Å². The van der Waals surface area contributed by atoms with Crippen molar-refractivity contribution in [2.45, 2.75) is 64.3 Å². The fraction of sp³-hybridized carbons (Fsp3) is 0.441. The second-order valence-corrected chi connectivity index (χ2v) is 11.6. The summed E-state index contributed by atoms with van der Waals surface area (Å²) in [6.45, 7) is 7.50. The lowest BCUT2D eigenvalue weighted by Crippen LogP contribution is -2.49. The predicted octanol–water partition coefficient (Wildman–Crippen LogP) is 4.02. The maximum atomic E-state index is 16.0. The van der Waals surface area contributed by atoms with Crippen molar-refractivity contribution in [2.75, 3.05) is 31.3 Å². The van der Waals surface area contributed by atoms with Crippen LogP contribution in [0.15, 0.2) is 30.2 Å². The van der Waals surface area contributed by atoms with Gasteiger partial charge in [0, 0.05) is 30.6 Å². The van der Waals surface area contributed by atoms with Gasteiger partial charge in [-0.2, -0.15) is 9.97 Å². The summed E-state index contributed by atoms with van der Waals surface area (Å²) in [6.07, 6.45) is 16.7. The van der Waals surface area contributed by atoms with Crippen molar-refractivity contribution in [3.05, 3.63) is 63.5 Å². The minimum atomic E-state index is -0.668. The first kappa shape index (κ1) is 31.4. The molecule has 2 unspecified atom stereocenters. The Hall–Kier alpha value is -4.07. The van der Waals surface area contributed by atoms with Crippen LogP contribution in [0.5, 0.6) is 6.01 Å². The third-order valence-electron chi connectivity index (χ3n) is 8.86. The zero-order valence-corrected chi connectivity index (χ0v) is 25.1. The Balaban J connectivity index is 1.48. The third kappa shape index (κ3) is 6.40. The molecule has 232 valence electrons. The van der Waals surface area contributed by atoms with E-state index < -0.39 is 11.6 Å². The van der Waals surface area contributed by atoms with Crippen LogP contribution < -0.4 is 25.4 Å². The molecule has 3 heterocycles. The number of anilines is 1. The van der Waals surface area contributed by atoms with E-state index >= 15 is 4.39 Å². The molecule has 44 heavy (non-hydrogen) atoms. The molecule has 3 N–H and O–H groups in total. The first-order chi connectivity index (χ1) is 21.3. The Bertz CT molecular complexity index is 1710. The van der Waals surface area contributed by atoms with Gasteiger partial charge in [-0.25, -0.2) is 8.78 Å². The largest absolute Gasteiger partial charge is 0.508 e. The molecule has 1 saturated carbocycles. The molecular formula is C34H39F2N5O3. The molecule has 10 heteroatoms. The highest BCUT2D eigenvalue weighted by Crippen LogP contribution is 2.44. The number of nitrogens with one attached hydrogen (secondary N) is 1. The summed E-state index contributed by atoms with van der Waals surface area (Å²) in [5.41, 5.74) is 0.0964. The zero-order chi connectivity index (χ0) is 31.3. The van der Waals surface area contributed by atoms with E-state index in [2.05, 4.69) is 32.8 Å². The van der Waals surface area contributed by atoms with E-state index in [-0.39, 0.29) is 52.3 Å². The number of ether oxygens (including phenoxy) is 1. The second-order valence-electron chi connectivity index (χ2n) is 11.6. The van der Waals surface area contributed by atoms with Gasteiger partial charge >= 0.3 is 6.01 Å². The first-order valence-corrected chi connectivity index (χ1v) is 15.2. The number of aliphatic hydroxyl groups is 2. The number of hydrogen-bond acceptors (Lipinski definition) is 8. The molecule has 8 nitrogen and oxygen atoms in total. The summed E-state index contributed by atoms with van der Waals surface area (Å²) in [4.78, 5) is 15.1. The van der Waals surface area contributed by atoms with E-state index in [9.17, 15) is 14.6 Å². The van der Waals surface area contributed by atoms with E-state index in [4.69, 9.17) is 11.2 Å². The van der Waals surface area contributed by atoms with Crippen molar-refractivity contribution in [1.29, 1.82) is 0 Å². The zero-order valence-electron chi connectivity index (χ0n) is 25.1.